The fourth-order valence-corrected chi connectivity index (χ4v) is 4.31. The monoisotopic (exact) mass is 522 g/mol. The molecular weight excluding hydrogens is 491 g/mol. The largest absolute Gasteiger partial charge is 0.496 e. The van der Waals surface area contributed by atoms with Gasteiger partial charge in [0.05, 0.1) is 16.9 Å². The first-order valence-corrected chi connectivity index (χ1v) is 11.0. The molecule has 0 radical (unpaired) electrons. The van der Waals surface area contributed by atoms with E-state index >= 15 is 0 Å². The molecule has 0 spiro atoms. The second-order valence-electron chi connectivity index (χ2n) is 9.12. The Balaban J connectivity index is 1.85. The summed E-state index contributed by atoms with van der Waals surface area (Å²) in [7, 11) is 1.63. The molecule has 0 unspecified atom stereocenters. The van der Waals surface area contributed by atoms with Crippen LogP contribution in [0.5, 0.6) is 11.5 Å². The summed E-state index contributed by atoms with van der Waals surface area (Å²) >= 11 is 2.19. The van der Waals surface area contributed by atoms with Crippen LogP contribution in [-0.2, 0) is 10.2 Å². The minimum absolute atomic E-state index is 0.0716. The van der Waals surface area contributed by atoms with Gasteiger partial charge in [-0.3, -0.25) is 4.79 Å². The molecule has 1 N–H and O–H groups in total. The Morgan fingerprint density at radius 1 is 1.10 bits per heavy atom. The van der Waals surface area contributed by atoms with Crippen molar-refractivity contribution < 1.29 is 14.3 Å². The van der Waals surface area contributed by atoms with Crippen molar-refractivity contribution in [2.45, 2.75) is 46.5 Å². The van der Waals surface area contributed by atoms with Crippen molar-refractivity contribution in [1.29, 1.82) is 0 Å². The molecule has 0 aliphatic heterocycles. The van der Waals surface area contributed by atoms with Crippen molar-refractivity contribution in [3.05, 3.63) is 57.2 Å². The number of nitrogens with one attached hydrogen (secondary N) is 1. The number of carbonyl (C=O) groups excluding carboxylic acids is 1. The van der Waals surface area contributed by atoms with Crippen LogP contribution in [-0.4, -0.2) is 25.8 Å². The van der Waals surface area contributed by atoms with E-state index in [4.69, 9.17) is 9.47 Å². The van der Waals surface area contributed by atoms with E-state index in [1.807, 2.05) is 30.3 Å². The van der Waals surface area contributed by atoms with E-state index in [1.165, 1.54) is 5.56 Å². The minimum Gasteiger partial charge on any atom is -0.496 e. The predicted molar refractivity (Wildman–Crippen MR) is 130 cm³/mol. The van der Waals surface area contributed by atoms with Crippen molar-refractivity contribution in [1.82, 2.24) is 5.43 Å². The zero-order valence-corrected chi connectivity index (χ0v) is 20.7. The topological polar surface area (TPSA) is 59.9 Å². The fraction of sp³-hybridized carbons (Fsp3) is 0.417. The Bertz CT molecular complexity index is 884. The summed E-state index contributed by atoms with van der Waals surface area (Å²) < 4.78 is 11.8. The Hall–Kier alpha value is -2.09. The first-order valence-electron chi connectivity index (χ1n) is 9.89. The number of carbonyl (C=O) groups is 1. The maximum atomic E-state index is 12.0. The SMILES string of the molecule is COc1ccc(C=NNC(=O)COc2ccc(C(C)(C)CC(C)(C)C)cc2)cc1I. The van der Waals surface area contributed by atoms with Gasteiger partial charge in [-0.2, -0.15) is 5.10 Å². The van der Waals surface area contributed by atoms with Gasteiger partial charge in [0.1, 0.15) is 11.5 Å². The van der Waals surface area contributed by atoms with Crippen LogP contribution in [0.4, 0.5) is 0 Å². The highest BCUT2D eigenvalue weighted by atomic mass is 127. The molecule has 0 saturated heterocycles. The maximum Gasteiger partial charge on any atom is 0.277 e. The smallest absolute Gasteiger partial charge is 0.277 e. The number of hydrogen-bond acceptors (Lipinski definition) is 4. The lowest BCUT2D eigenvalue weighted by atomic mass is 9.72. The summed E-state index contributed by atoms with van der Waals surface area (Å²) in [5.74, 6) is 1.15. The number of ether oxygens (including phenoxy) is 2. The van der Waals surface area contributed by atoms with Gasteiger partial charge < -0.3 is 9.47 Å². The lowest BCUT2D eigenvalue weighted by molar-refractivity contribution is -0.123. The normalized spacial score (nSPS) is 12.1. The summed E-state index contributed by atoms with van der Waals surface area (Å²) in [5.41, 5.74) is 4.93. The average Bonchev–Trinajstić information content (AvgIpc) is 2.65. The number of hydrazone groups is 1. The number of amides is 1. The molecule has 0 atom stereocenters. The molecule has 2 aromatic carbocycles. The molecule has 162 valence electrons. The third-order valence-corrected chi connectivity index (χ3v) is 5.40. The van der Waals surface area contributed by atoms with Crippen LogP contribution in [0.3, 0.4) is 0 Å². The van der Waals surface area contributed by atoms with Gasteiger partial charge in [0, 0.05) is 0 Å². The number of halogens is 1. The molecule has 0 fully saturated rings. The Kier molecular flexibility index (Phi) is 8.29. The average molecular weight is 522 g/mol. The van der Waals surface area contributed by atoms with E-state index < -0.39 is 0 Å². The standard InChI is InChI=1S/C24H31IN2O3/c1-23(2,3)16-24(4,5)18-8-10-19(11-9-18)30-15-22(28)27-26-14-17-7-12-21(29-6)20(25)13-17/h7-14H,15-16H2,1-6H3,(H,27,28). The highest BCUT2D eigenvalue weighted by Crippen LogP contribution is 2.36. The molecule has 0 heterocycles. The Labute approximate surface area is 193 Å². The van der Waals surface area contributed by atoms with Crippen LogP contribution in [0.1, 0.15) is 52.2 Å². The van der Waals surface area contributed by atoms with Gasteiger partial charge >= 0.3 is 0 Å². The Morgan fingerprint density at radius 3 is 2.33 bits per heavy atom. The highest BCUT2D eigenvalue weighted by Gasteiger charge is 2.27. The summed E-state index contributed by atoms with van der Waals surface area (Å²) in [4.78, 5) is 12.0. The van der Waals surface area contributed by atoms with Crippen molar-refractivity contribution in [3.63, 3.8) is 0 Å². The summed E-state index contributed by atoms with van der Waals surface area (Å²) in [6, 6.07) is 13.6. The number of benzene rings is 2. The van der Waals surface area contributed by atoms with Gasteiger partial charge in [0.15, 0.2) is 6.61 Å². The van der Waals surface area contributed by atoms with Gasteiger partial charge in [-0.1, -0.05) is 46.8 Å². The van der Waals surface area contributed by atoms with E-state index in [2.05, 4.69) is 79.9 Å². The van der Waals surface area contributed by atoms with E-state index in [1.54, 1.807) is 13.3 Å². The highest BCUT2D eigenvalue weighted by molar-refractivity contribution is 14.1. The van der Waals surface area contributed by atoms with Crippen molar-refractivity contribution >= 4 is 34.7 Å². The van der Waals surface area contributed by atoms with Gasteiger partial charge in [-0.15, -0.1) is 0 Å². The van der Waals surface area contributed by atoms with Crippen LogP contribution in [0.2, 0.25) is 0 Å². The quantitative estimate of drug-likeness (QED) is 0.281. The molecule has 0 aromatic heterocycles. The summed E-state index contributed by atoms with van der Waals surface area (Å²) in [6.07, 6.45) is 2.67. The van der Waals surface area contributed by atoms with Crippen molar-refractivity contribution in [3.8, 4) is 11.5 Å². The van der Waals surface area contributed by atoms with Crippen LogP contribution < -0.4 is 14.9 Å². The summed E-state index contributed by atoms with van der Waals surface area (Å²) in [6.45, 7) is 11.2. The van der Waals surface area contributed by atoms with E-state index in [0.29, 0.717) is 5.75 Å². The molecule has 2 aromatic rings. The van der Waals surface area contributed by atoms with Crippen LogP contribution in [0.25, 0.3) is 0 Å². The van der Waals surface area contributed by atoms with Gasteiger partial charge in [-0.25, -0.2) is 5.43 Å². The molecule has 1 amide bonds. The van der Waals surface area contributed by atoms with Crippen LogP contribution in [0, 0.1) is 8.99 Å². The molecule has 30 heavy (non-hydrogen) atoms. The van der Waals surface area contributed by atoms with E-state index in [-0.39, 0.29) is 23.3 Å². The summed E-state index contributed by atoms with van der Waals surface area (Å²) in [5, 5.41) is 3.98. The second kappa shape index (κ2) is 10.3. The lowest BCUT2D eigenvalue weighted by Gasteiger charge is -2.33. The zero-order chi connectivity index (χ0) is 22.4. The number of hydrogen-bond donors (Lipinski definition) is 1. The van der Waals surface area contributed by atoms with Crippen molar-refractivity contribution in [2.75, 3.05) is 13.7 Å². The fourth-order valence-electron chi connectivity index (χ4n) is 3.55. The maximum absolute atomic E-state index is 12.0. The van der Waals surface area contributed by atoms with Crippen LogP contribution >= 0.6 is 22.6 Å². The Morgan fingerprint density at radius 2 is 1.77 bits per heavy atom. The van der Waals surface area contributed by atoms with Gasteiger partial charge in [0.25, 0.3) is 5.91 Å². The second-order valence-corrected chi connectivity index (χ2v) is 10.3. The van der Waals surface area contributed by atoms with E-state index in [0.717, 1.165) is 21.3 Å². The molecule has 0 aliphatic rings. The third-order valence-electron chi connectivity index (χ3n) is 4.56. The molecular formula is C24H31IN2O3. The molecule has 2 rings (SSSR count). The minimum atomic E-state index is -0.313. The van der Waals surface area contributed by atoms with Crippen molar-refractivity contribution in [2.24, 2.45) is 10.5 Å². The lowest BCUT2D eigenvalue weighted by Crippen LogP contribution is -2.25. The van der Waals surface area contributed by atoms with E-state index in [9.17, 15) is 4.79 Å². The molecule has 6 heteroatoms. The third kappa shape index (κ3) is 7.63. The van der Waals surface area contributed by atoms with Crippen LogP contribution in [0.15, 0.2) is 47.6 Å². The first-order chi connectivity index (χ1) is 14.0. The van der Waals surface area contributed by atoms with Gasteiger partial charge in [0.2, 0.25) is 0 Å². The molecule has 0 saturated carbocycles. The molecule has 5 nitrogen and oxygen atoms in total. The number of methoxy groups -OCH3 is 1. The zero-order valence-electron chi connectivity index (χ0n) is 18.6. The number of rotatable bonds is 8. The molecule has 0 aliphatic carbocycles. The first kappa shape index (κ1) is 24.2. The molecule has 0 bridgehead atoms. The predicted octanol–water partition coefficient (Wildman–Crippen LogP) is 5.54. The number of nitrogens with zero attached hydrogens (tertiary/aromatic N) is 1. The van der Waals surface area contributed by atoms with Gasteiger partial charge in [-0.05, 0) is 81.3 Å².